The highest BCUT2D eigenvalue weighted by atomic mass is 16.7. The first-order valence-electron chi connectivity index (χ1n) is 22.6. The Morgan fingerprint density at radius 2 is 0.682 bits per heavy atom. The molecule has 0 aliphatic carbocycles. The molecule has 2 aliphatic heterocycles. The van der Waals surface area contributed by atoms with Crippen molar-refractivity contribution in [2.45, 2.75) is 101 Å². The number of hydrogen-bond acceptors (Lipinski definition) is 11. The summed E-state index contributed by atoms with van der Waals surface area (Å²) in [6, 6.07) is 59.5. The Labute approximate surface area is 388 Å². The highest BCUT2D eigenvalue weighted by Gasteiger charge is 2.51. The first-order chi connectivity index (χ1) is 32.6. The lowest BCUT2D eigenvalue weighted by molar-refractivity contribution is -0.348. The Bertz CT molecular complexity index is 2220. The molecule has 0 saturated carbocycles. The Balaban J connectivity index is 1.08. The van der Waals surface area contributed by atoms with E-state index in [-0.39, 0.29) is 39.6 Å². The van der Waals surface area contributed by atoms with Gasteiger partial charge in [-0.25, -0.2) is 0 Å². The molecule has 2 aliphatic rings. The molecular formula is C55H60O11. The van der Waals surface area contributed by atoms with Gasteiger partial charge in [0, 0.05) is 7.11 Å². The minimum absolute atomic E-state index is 0.119. The number of rotatable bonds is 23. The van der Waals surface area contributed by atoms with Crippen LogP contribution in [0.5, 0.6) is 0 Å². The number of aliphatic hydroxyl groups is 1. The number of aliphatic hydroxyl groups excluding tert-OH is 1. The molecule has 66 heavy (non-hydrogen) atoms. The maximum Gasteiger partial charge on any atom is 0.187 e. The molecule has 0 radical (unpaired) electrons. The van der Waals surface area contributed by atoms with E-state index in [4.69, 9.17) is 47.4 Å². The molecule has 8 rings (SSSR count). The minimum Gasteiger partial charge on any atom is -0.387 e. The predicted molar refractivity (Wildman–Crippen MR) is 247 cm³/mol. The van der Waals surface area contributed by atoms with Crippen LogP contribution in [0.4, 0.5) is 0 Å². The molecule has 2 fully saturated rings. The molecule has 346 valence electrons. The summed E-state index contributed by atoms with van der Waals surface area (Å²) in [5.41, 5.74) is 5.87. The van der Waals surface area contributed by atoms with E-state index in [0.29, 0.717) is 13.2 Å². The monoisotopic (exact) mass is 896 g/mol. The van der Waals surface area contributed by atoms with Crippen LogP contribution in [0.1, 0.15) is 33.4 Å². The lowest BCUT2D eigenvalue weighted by atomic mass is 9.97. The quantitative estimate of drug-likeness (QED) is 0.0668. The second-order valence-corrected chi connectivity index (χ2v) is 16.5. The molecule has 0 unspecified atom stereocenters. The van der Waals surface area contributed by atoms with E-state index in [9.17, 15) is 5.11 Å². The van der Waals surface area contributed by atoms with Gasteiger partial charge in [0.25, 0.3) is 0 Å². The highest BCUT2D eigenvalue weighted by Crippen LogP contribution is 2.34. The lowest BCUT2D eigenvalue weighted by Crippen LogP contribution is -2.63. The van der Waals surface area contributed by atoms with Crippen LogP contribution in [0.3, 0.4) is 0 Å². The van der Waals surface area contributed by atoms with Crippen LogP contribution in [0.25, 0.3) is 0 Å². The van der Waals surface area contributed by atoms with Crippen molar-refractivity contribution in [3.05, 3.63) is 215 Å². The normalized spacial score (nSPS) is 25.4. The smallest absolute Gasteiger partial charge is 0.187 e. The van der Waals surface area contributed by atoms with E-state index in [1.54, 1.807) is 7.11 Å². The molecule has 6 aromatic rings. The maximum absolute atomic E-state index is 12.2. The number of benzene rings is 6. The largest absolute Gasteiger partial charge is 0.387 e. The summed E-state index contributed by atoms with van der Waals surface area (Å²) in [7, 11) is 1.55. The predicted octanol–water partition coefficient (Wildman–Crippen LogP) is 8.60. The van der Waals surface area contributed by atoms with E-state index in [0.717, 1.165) is 33.4 Å². The molecule has 0 aromatic heterocycles. The average molecular weight is 897 g/mol. The first-order valence-corrected chi connectivity index (χ1v) is 22.6. The van der Waals surface area contributed by atoms with Crippen molar-refractivity contribution >= 4 is 0 Å². The van der Waals surface area contributed by atoms with Gasteiger partial charge in [-0.2, -0.15) is 0 Å². The summed E-state index contributed by atoms with van der Waals surface area (Å²) in [6.45, 7) is 1.71. The van der Waals surface area contributed by atoms with Crippen LogP contribution in [0.15, 0.2) is 182 Å². The molecular weight excluding hydrogens is 837 g/mol. The third-order valence-corrected chi connectivity index (χ3v) is 11.7. The Hall–Kier alpha value is -5.12. The molecule has 2 saturated heterocycles. The molecule has 11 heteroatoms. The zero-order chi connectivity index (χ0) is 45.2. The van der Waals surface area contributed by atoms with Gasteiger partial charge in [0.2, 0.25) is 0 Å². The SMILES string of the molecule is CO[C@H]1O[C@H](CO[C@@H]2O[C@H](COCc3ccccc3)[C@@H](OCc3ccccc3)[C@H](OCc3ccccc3)[C@@H]2OCc2ccccc2)[C@H](O)[C@H](OCc2ccccc2)[C@H]1OCc1ccccc1. The molecule has 2 heterocycles. The third-order valence-electron chi connectivity index (χ3n) is 11.7. The minimum atomic E-state index is -1.19. The van der Waals surface area contributed by atoms with Gasteiger partial charge in [-0.05, 0) is 33.4 Å². The van der Waals surface area contributed by atoms with E-state index in [1.165, 1.54) is 0 Å². The van der Waals surface area contributed by atoms with Crippen LogP contribution in [-0.2, 0) is 87.0 Å². The zero-order valence-corrected chi connectivity index (χ0v) is 37.3. The van der Waals surface area contributed by atoms with Crippen LogP contribution >= 0.6 is 0 Å². The third kappa shape index (κ3) is 13.5. The van der Waals surface area contributed by atoms with Crippen LogP contribution in [0, 0.1) is 0 Å². The summed E-state index contributed by atoms with van der Waals surface area (Å²) in [5, 5.41) is 12.2. The Morgan fingerprint density at radius 1 is 0.348 bits per heavy atom. The fourth-order valence-corrected chi connectivity index (χ4v) is 8.19. The van der Waals surface area contributed by atoms with Crippen molar-refractivity contribution in [3.63, 3.8) is 0 Å². The zero-order valence-electron chi connectivity index (χ0n) is 37.3. The number of methoxy groups -OCH3 is 1. The molecule has 0 amide bonds. The number of hydrogen-bond donors (Lipinski definition) is 1. The molecule has 10 atom stereocenters. The molecule has 6 aromatic carbocycles. The Kier molecular flexibility index (Phi) is 18.0. The van der Waals surface area contributed by atoms with Crippen molar-refractivity contribution in [2.24, 2.45) is 0 Å². The maximum atomic E-state index is 12.2. The van der Waals surface area contributed by atoms with Gasteiger partial charge in [-0.3, -0.25) is 0 Å². The Morgan fingerprint density at radius 3 is 1.09 bits per heavy atom. The fourth-order valence-electron chi connectivity index (χ4n) is 8.19. The van der Waals surface area contributed by atoms with Crippen LogP contribution < -0.4 is 0 Å². The van der Waals surface area contributed by atoms with Gasteiger partial charge < -0.3 is 52.5 Å². The topological polar surface area (TPSA) is 113 Å². The van der Waals surface area contributed by atoms with Gasteiger partial charge in [0.1, 0.15) is 48.8 Å². The van der Waals surface area contributed by atoms with Crippen molar-refractivity contribution in [2.75, 3.05) is 20.3 Å². The van der Waals surface area contributed by atoms with Crippen molar-refractivity contribution < 1.29 is 52.5 Å². The van der Waals surface area contributed by atoms with E-state index in [1.807, 2.05) is 182 Å². The van der Waals surface area contributed by atoms with Crippen molar-refractivity contribution in [3.8, 4) is 0 Å². The molecule has 0 bridgehead atoms. The summed E-state index contributed by atoms with van der Waals surface area (Å²) in [6.07, 6.45) is -8.50. The second-order valence-electron chi connectivity index (χ2n) is 16.5. The van der Waals surface area contributed by atoms with E-state index < -0.39 is 61.4 Å². The van der Waals surface area contributed by atoms with Gasteiger partial charge in [0.15, 0.2) is 12.6 Å². The van der Waals surface area contributed by atoms with Gasteiger partial charge in [0.05, 0.1) is 52.9 Å². The lowest BCUT2D eigenvalue weighted by Gasteiger charge is -2.47. The molecule has 1 N–H and O–H groups in total. The second kappa shape index (κ2) is 25.1. The molecule has 0 spiro atoms. The summed E-state index contributed by atoms with van der Waals surface area (Å²) >= 11 is 0. The number of ether oxygens (including phenoxy) is 10. The standard InChI is InChI=1S/C55H60O11/c1-57-54-52(62-36-44-28-16-6-17-29-44)50(60-34-42-24-12-4-13-25-42)48(56)46(65-54)39-64-55-53(63-37-45-30-18-7-19-31-45)51(61-35-43-26-14-5-15-27-43)49(59-33-41-22-10-3-11-23-41)47(66-55)38-58-32-40-20-8-2-9-21-40/h2-31,46-56H,32-39H2,1H3/t46-,47-,48+,49-,50+,51+,52-,53+,54+,55-/m1/s1. The first kappa shape index (κ1) is 47.4. The van der Waals surface area contributed by atoms with Crippen LogP contribution in [0.2, 0.25) is 0 Å². The van der Waals surface area contributed by atoms with E-state index >= 15 is 0 Å². The molecule has 11 nitrogen and oxygen atoms in total. The van der Waals surface area contributed by atoms with Crippen molar-refractivity contribution in [1.29, 1.82) is 0 Å². The highest BCUT2D eigenvalue weighted by molar-refractivity contribution is 5.18. The average Bonchev–Trinajstić information content (AvgIpc) is 3.37. The summed E-state index contributed by atoms with van der Waals surface area (Å²) < 4.78 is 66.0. The summed E-state index contributed by atoms with van der Waals surface area (Å²) in [5.74, 6) is 0. The summed E-state index contributed by atoms with van der Waals surface area (Å²) in [4.78, 5) is 0. The van der Waals surface area contributed by atoms with E-state index in [2.05, 4.69) is 0 Å². The van der Waals surface area contributed by atoms with Crippen LogP contribution in [-0.4, -0.2) is 86.8 Å². The van der Waals surface area contributed by atoms with Gasteiger partial charge in [-0.1, -0.05) is 182 Å². The van der Waals surface area contributed by atoms with Crippen molar-refractivity contribution in [1.82, 2.24) is 0 Å². The van der Waals surface area contributed by atoms with Gasteiger partial charge in [-0.15, -0.1) is 0 Å². The van der Waals surface area contributed by atoms with Gasteiger partial charge >= 0.3 is 0 Å². The fraction of sp³-hybridized carbons (Fsp3) is 0.345.